The van der Waals surface area contributed by atoms with E-state index in [2.05, 4.69) is 0 Å². The maximum atomic E-state index is 12.8. The predicted octanol–water partition coefficient (Wildman–Crippen LogP) is 1.70. The van der Waals surface area contributed by atoms with Gasteiger partial charge in [-0.05, 0) is 43.0 Å². The molecule has 0 radical (unpaired) electrons. The average molecular weight is 287 g/mol. The lowest BCUT2D eigenvalue weighted by atomic mass is 9.89. The van der Waals surface area contributed by atoms with Gasteiger partial charge in [-0.25, -0.2) is 0 Å². The summed E-state index contributed by atoms with van der Waals surface area (Å²) in [4.78, 5) is 25.9. The molecule has 2 saturated heterocycles. The smallest absolute Gasteiger partial charge is 0.308 e. The molecule has 0 spiro atoms. The number of carboxylic acid groups (broad SMARTS) is 1. The van der Waals surface area contributed by atoms with Crippen molar-refractivity contribution in [2.75, 3.05) is 6.61 Å². The minimum Gasteiger partial charge on any atom is -0.493 e. The summed E-state index contributed by atoms with van der Waals surface area (Å²) in [5.74, 6) is -0.340. The highest BCUT2D eigenvalue weighted by atomic mass is 16.5. The van der Waals surface area contributed by atoms with Gasteiger partial charge in [-0.3, -0.25) is 9.59 Å². The minimum atomic E-state index is -0.776. The Hall–Kier alpha value is -2.04. The van der Waals surface area contributed by atoms with Crippen molar-refractivity contribution in [3.05, 3.63) is 29.3 Å². The molecule has 2 bridgehead atoms. The van der Waals surface area contributed by atoms with Crippen molar-refractivity contribution in [1.82, 2.24) is 4.90 Å². The zero-order valence-electron chi connectivity index (χ0n) is 11.6. The highest BCUT2D eigenvalue weighted by Crippen LogP contribution is 2.42. The minimum absolute atomic E-state index is 0.0269. The number of carbonyl (C=O) groups excluding carboxylic acids is 1. The zero-order valence-corrected chi connectivity index (χ0v) is 11.6. The third-order valence-electron chi connectivity index (χ3n) is 5.02. The van der Waals surface area contributed by atoms with Crippen molar-refractivity contribution in [1.29, 1.82) is 0 Å². The molecule has 1 amide bonds. The van der Waals surface area contributed by atoms with Gasteiger partial charge >= 0.3 is 5.97 Å². The van der Waals surface area contributed by atoms with Crippen molar-refractivity contribution in [3.63, 3.8) is 0 Å². The molecule has 1 N–H and O–H groups in total. The first-order chi connectivity index (χ1) is 10.1. The third kappa shape index (κ3) is 1.83. The van der Waals surface area contributed by atoms with Crippen LogP contribution in [0.3, 0.4) is 0 Å². The lowest BCUT2D eigenvalue weighted by Gasteiger charge is -2.23. The number of carbonyl (C=O) groups is 2. The highest BCUT2D eigenvalue weighted by Gasteiger charge is 2.51. The third-order valence-corrected chi connectivity index (χ3v) is 5.02. The molecule has 3 heterocycles. The number of benzene rings is 1. The molecule has 1 aromatic rings. The summed E-state index contributed by atoms with van der Waals surface area (Å²) >= 11 is 0. The number of hydrogen-bond donors (Lipinski definition) is 1. The maximum Gasteiger partial charge on any atom is 0.308 e. The zero-order chi connectivity index (χ0) is 14.6. The van der Waals surface area contributed by atoms with Crippen molar-refractivity contribution in [2.24, 2.45) is 5.92 Å². The largest absolute Gasteiger partial charge is 0.493 e. The van der Waals surface area contributed by atoms with Gasteiger partial charge in [0.2, 0.25) is 0 Å². The standard InChI is InChI=1S/C16H17NO4/c18-15(10-1-4-14-9(7-10)5-6-21-14)17-11-2-3-13(17)12(8-11)16(19)20/h1,4,7,11-13H,2-3,5-6,8H2,(H,19,20). The molecule has 4 rings (SSSR count). The SMILES string of the molecule is O=C(O)C1CC2CCC1N2C(=O)c1ccc2c(c1)CCO2. The Morgan fingerprint density at radius 3 is 2.90 bits per heavy atom. The van der Waals surface area contributed by atoms with E-state index in [4.69, 9.17) is 4.74 Å². The Labute approximate surface area is 122 Å². The number of nitrogens with zero attached hydrogens (tertiary/aromatic N) is 1. The number of amides is 1. The molecule has 110 valence electrons. The van der Waals surface area contributed by atoms with Gasteiger partial charge in [-0.1, -0.05) is 0 Å². The van der Waals surface area contributed by atoms with E-state index in [0.717, 1.165) is 30.6 Å². The van der Waals surface area contributed by atoms with Crippen LogP contribution in [0.5, 0.6) is 5.75 Å². The number of carboxylic acids is 1. The van der Waals surface area contributed by atoms with Crippen LogP contribution in [0.15, 0.2) is 18.2 Å². The van der Waals surface area contributed by atoms with E-state index in [1.165, 1.54) is 0 Å². The Kier molecular flexibility index (Phi) is 2.71. The summed E-state index contributed by atoms with van der Waals surface area (Å²) in [5.41, 5.74) is 1.73. The Morgan fingerprint density at radius 1 is 1.29 bits per heavy atom. The van der Waals surface area contributed by atoms with Crippen LogP contribution >= 0.6 is 0 Å². The fourth-order valence-corrected chi connectivity index (χ4v) is 4.04. The fraction of sp³-hybridized carbons (Fsp3) is 0.500. The number of fused-ring (bicyclic) bond motifs is 3. The average Bonchev–Trinajstić information content (AvgIpc) is 3.19. The van der Waals surface area contributed by atoms with Crippen molar-refractivity contribution in [2.45, 2.75) is 37.8 Å². The summed E-state index contributed by atoms with van der Waals surface area (Å²) in [6.45, 7) is 0.670. The van der Waals surface area contributed by atoms with Crippen LogP contribution < -0.4 is 4.74 Å². The van der Waals surface area contributed by atoms with Gasteiger partial charge in [-0.2, -0.15) is 0 Å². The topological polar surface area (TPSA) is 66.8 Å². The van der Waals surface area contributed by atoms with Gasteiger partial charge in [0.25, 0.3) is 5.91 Å². The summed E-state index contributed by atoms with van der Waals surface area (Å²) < 4.78 is 5.46. The van der Waals surface area contributed by atoms with Crippen molar-refractivity contribution >= 4 is 11.9 Å². The molecular weight excluding hydrogens is 270 g/mol. The van der Waals surface area contributed by atoms with Gasteiger partial charge in [0.1, 0.15) is 5.75 Å². The maximum absolute atomic E-state index is 12.8. The Balaban J connectivity index is 1.62. The molecule has 0 saturated carbocycles. The Morgan fingerprint density at radius 2 is 2.14 bits per heavy atom. The number of rotatable bonds is 2. The highest BCUT2D eigenvalue weighted by molar-refractivity contribution is 5.96. The molecule has 2 fully saturated rings. The molecule has 5 heteroatoms. The van der Waals surface area contributed by atoms with Crippen LogP contribution in [0.2, 0.25) is 0 Å². The summed E-state index contributed by atoms with van der Waals surface area (Å²) in [6, 6.07) is 5.50. The van der Waals surface area contributed by atoms with Crippen LogP contribution in [0.4, 0.5) is 0 Å². The second kappa shape index (κ2) is 4.48. The van der Waals surface area contributed by atoms with Gasteiger partial charge in [0.15, 0.2) is 0 Å². The second-order valence-corrected chi connectivity index (χ2v) is 6.11. The van der Waals surface area contributed by atoms with E-state index < -0.39 is 11.9 Å². The molecule has 0 aliphatic carbocycles. The molecule has 3 atom stereocenters. The summed E-state index contributed by atoms with van der Waals surface area (Å²) in [5, 5.41) is 9.28. The van der Waals surface area contributed by atoms with Gasteiger partial charge in [0.05, 0.1) is 12.5 Å². The molecular formula is C16H17NO4. The molecule has 21 heavy (non-hydrogen) atoms. The molecule has 3 aliphatic rings. The molecule has 3 unspecified atom stereocenters. The van der Waals surface area contributed by atoms with Crippen molar-refractivity contribution in [3.8, 4) is 5.75 Å². The summed E-state index contributed by atoms with van der Waals surface area (Å²) in [6.07, 6.45) is 3.16. The fourth-order valence-electron chi connectivity index (χ4n) is 4.04. The van der Waals surface area contributed by atoms with Gasteiger partial charge in [0, 0.05) is 24.1 Å². The first-order valence-corrected chi connectivity index (χ1v) is 7.46. The monoisotopic (exact) mass is 287 g/mol. The second-order valence-electron chi connectivity index (χ2n) is 6.11. The van der Waals surface area contributed by atoms with E-state index in [-0.39, 0.29) is 18.0 Å². The van der Waals surface area contributed by atoms with E-state index in [1.54, 1.807) is 6.07 Å². The van der Waals surface area contributed by atoms with Gasteiger partial charge < -0.3 is 14.7 Å². The van der Waals surface area contributed by atoms with Crippen LogP contribution in [0.1, 0.15) is 35.2 Å². The first kappa shape index (κ1) is 12.7. The first-order valence-electron chi connectivity index (χ1n) is 7.46. The van der Waals surface area contributed by atoms with E-state index in [9.17, 15) is 14.7 Å². The number of ether oxygens (including phenoxy) is 1. The lowest BCUT2D eigenvalue weighted by Crippen LogP contribution is -2.37. The van der Waals surface area contributed by atoms with E-state index in [1.807, 2.05) is 17.0 Å². The van der Waals surface area contributed by atoms with E-state index >= 15 is 0 Å². The van der Waals surface area contributed by atoms with Gasteiger partial charge in [-0.15, -0.1) is 0 Å². The molecule has 5 nitrogen and oxygen atoms in total. The Bertz CT molecular complexity index is 627. The van der Waals surface area contributed by atoms with Crippen LogP contribution in [0.25, 0.3) is 0 Å². The quantitative estimate of drug-likeness (QED) is 0.899. The van der Waals surface area contributed by atoms with E-state index in [0.29, 0.717) is 18.6 Å². The normalized spacial score (nSPS) is 29.3. The lowest BCUT2D eigenvalue weighted by molar-refractivity contribution is -0.142. The predicted molar refractivity (Wildman–Crippen MR) is 74.4 cm³/mol. The van der Waals surface area contributed by atoms with Crippen LogP contribution in [-0.4, -0.2) is 40.6 Å². The van der Waals surface area contributed by atoms with Crippen LogP contribution in [-0.2, 0) is 11.2 Å². The summed E-state index contributed by atoms with van der Waals surface area (Å²) in [7, 11) is 0. The molecule has 1 aromatic carbocycles. The molecule has 3 aliphatic heterocycles. The van der Waals surface area contributed by atoms with Crippen LogP contribution in [0, 0.1) is 5.92 Å². The number of aliphatic carboxylic acids is 1. The molecule has 0 aromatic heterocycles. The van der Waals surface area contributed by atoms with Crippen molar-refractivity contribution < 1.29 is 19.4 Å². The number of hydrogen-bond acceptors (Lipinski definition) is 3.